The molecule has 2 fully saturated rings. The summed E-state index contributed by atoms with van der Waals surface area (Å²) in [6, 6.07) is -2.86. The van der Waals surface area contributed by atoms with E-state index in [1.165, 1.54) is 11.6 Å². The van der Waals surface area contributed by atoms with Gasteiger partial charge < -0.3 is 32.0 Å². The number of carboxylic acids is 1. The molecule has 0 radical (unpaired) electrons. The third kappa shape index (κ3) is 6.75. The zero-order chi connectivity index (χ0) is 29.9. The minimum absolute atomic E-state index is 0.0175. The van der Waals surface area contributed by atoms with Crippen molar-refractivity contribution < 1.29 is 42.1 Å². The van der Waals surface area contributed by atoms with E-state index in [4.69, 9.17) is 16.3 Å². The molecule has 1 aliphatic carbocycles. The largest absolute Gasteiger partial charge is 0.478 e. The van der Waals surface area contributed by atoms with Gasteiger partial charge in [-0.15, -0.1) is 11.3 Å². The van der Waals surface area contributed by atoms with Gasteiger partial charge in [-0.2, -0.15) is 23.4 Å². The smallest absolute Gasteiger partial charge is 0.362 e. The molecule has 21 heteroatoms. The molecule has 1 saturated heterocycles. The predicted octanol–water partition coefficient (Wildman–Crippen LogP) is -2.79. The summed E-state index contributed by atoms with van der Waals surface area (Å²) in [4.78, 5) is 59.2. The van der Waals surface area contributed by atoms with Gasteiger partial charge in [-0.05, 0) is 13.0 Å². The standard InChI is InChI=1S/C20H26N10O9S2/c21-5-1-2-13(31)23-6-10-7-24-29(27-10)8-12-15(17(33)30(12)41(36,37)38)26-16(32)14(11-9-40-19(22)25-11)28-39-20(3-4-20)18(34)35/h7,9,12,15H,1-6,8,21H2,(H2,22,25)(H,23,31)(H,26,32)(H,34,35)(H,36,37,38)/b28-14-/t12-,15+/m1/s1. The number of nitrogens with zero attached hydrogens (tertiary/aromatic N) is 6. The number of β-lactam (4-membered cyclic amide) rings is 1. The van der Waals surface area contributed by atoms with Gasteiger partial charge in [-0.1, -0.05) is 5.16 Å². The van der Waals surface area contributed by atoms with Crippen LogP contribution in [0.4, 0.5) is 5.13 Å². The zero-order valence-corrected chi connectivity index (χ0v) is 22.8. The minimum Gasteiger partial charge on any atom is -0.478 e. The number of anilines is 1. The monoisotopic (exact) mass is 614 g/mol. The van der Waals surface area contributed by atoms with Crippen LogP contribution in [0.3, 0.4) is 0 Å². The molecule has 4 rings (SSSR count). The lowest BCUT2D eigenvalue weighted by molar-refractivity contribution is -0.153. The second kappa shape index (κ2) is 11.7. The number of aromatic nitrogens is 4. The molecule has 0 bridgehead atoms. The molecule has 19 nitrogen and oxygen atoms in total. The van der Waals surface area contributed by atoms with Gasteiger partial charge >= 0.3 is 16.3 Å². The van der Waals surface area contributed by atoms with Crippen LogP contribution in [0.15, 0.2) is 16.7 Å². The van der Waals surface area contributed by atoms with E-state index in [-0.39, 0.29) is 53.4 Å². The average Bonchev–Trinajstić information content (AvgIpc) is 3.37. The highest BCUT2D eigenvalue weighted by Crippen LogP contribution is 2.40. The van der Waals surface area contributed by atoms with Crippen LogP contribution in [-0.2, 0) is 47.4 Å². The number of carbonyl (C=O) groups is 4. The normalized spacial score (nSPS) is 19.8. The van der Waals surface area contributed by atoms with Crippen LogP contribution >= 0.6 is 11.3 Å². The van der Waals surface area contributed by atoms with Gasteiger partial charge in [-0.25, -0.2) is 14.1 Å². The number of aliphatic carboxylic acids is 1. The Morgan fingerprint density at radius 2 is 2.05 bits per heavy atom. The molecule has 222 valence electrons. The van der Waals surface area contributed by atoms with Crippen LogP contribution in [0.5, 0.6) is 0 Å². The summed E-state index contributed by atoms with van der Waals surface area (Å²) in [6.07, 6.45) is 2.34. The third-order valence-electron chi connectivity index (χ3n) is 6.10. The number of carbonyl (C=O) groups excluding carboxylic acids is 3. The Kier molecular flexibility index (Phi) is 8.51. The molecular formula is C20H26N10O9S2. The van der Waals surface area contributed by atoms with Crippen molar-refractivity contribution in [3.05, 3.63) is 23.0 Å². The van der Waals surface area contributed by atoms with Crippen molar-refractivity contribution in [2.75, 3.05) is 12.3 Å². The molecule has 0 unspecified atom stereocenters. The summed E-state index contributed by atoms with van der Waals surface area (Å²) in [7, 11) is -5.03. The molecule has 1 aliphatic heterocycles. The van der Waals surface area contributed by atoms with E-state index in [0.717, 1.165) is 16.1 Å². The predicted molar refractivity (Wildman–Crippen MR) is 138 cm³/mol. The number of hydrogen-bond donors (Lipinski definition) is 6. The van der Waals surface area contributed by atoms with E-state index >= 15 is 0 Å². The Balaban J connectivity index is 1.50. The molecule has 0 aromatic carbocycles. The van der Waals surface area contributed by atoms with E-state index in [0.29, 0.717) is 18.7 Å². The maximum atomic E-state index is 13.2. The van der Waals surface area contributed by atoms with Crippen LogP contribution < -0.4 is 22.1 Å². The van der Waals surface area contributed by atoms with Crippen molar-refractivity contribution in [1.82, 2.24) is 34.9 Å². The van der Waals surface area contributed by atoms with Gasteiger partial charge in [0.25, 0.3) is 11.8 Å². The lowest BCUT2D eigenvalue weighted by Crippen LogP contribution is -2.73. The summed E-state index contributed by atoms with van der Waals surface area (Å²) in [5.74, 6) is -3.75. The quantitative estimate of drug-likeness (QED) is 0.0543. The fourth-order valence-electron chi connectivity index (χ4n) is 3.75. The fourth-order valence-corrected chi connectivity index (χ4v) is 5.17. The van der Waals surface area contributed by atoms with Gasteiger partial charge in [0.15, 0.2) is 10.8 Å². The van der Waals surface area contributed by atoms with Crippen molar-refractivity contribution in [1.29, 1.82) is 0 Å². The van der Waals surface area contributed by atoms with Crippen LogP contribution in [0.2, 0.25) is 0 Å². The summed E-state index contributed by atoms with van der Waals surface area (Å²) >= 11 is 0.957. The fraction of sp³-hybridized carbons (Fsp3) is 0.500. The highest BCUT2D eigenvalue weighted by atomic mass is 32.2. The first-order chi connectivity index (χ1) is 19.3. The third-order valence-corrected chi connectivity index (χ3v) is 7.72. The molecule has 3 heterocycles. The second-order valence-electron chi connectivity index (χ2n) is 9.09. The summed E-state index contributed by atoms with van der Waals surface area (Å²) in [5, 5.41) is 27.5. The van der Waals surface area contributed by atoms with Crippen LogP contribution in [0, 0.1) is 0 Å². The topological polar surface area (TPSA) is 287 Å². The lowest BCUT2D eigenvalue weighted by Gasteiger charge is -2.43. The molecule has 1 saturated carbocycles. The van der Waals surface area contributed by atoms with Crippen LogP contribution in [-0.4, -0.2) is 96.0 Å². The van der Waals surface area contributed by atoms with Crippen LogP contribution in [0.25, 0.3) is 0 Å². The maximum absolute atomic E-state index is 13.2. The number of nitrogens with two attached hydrogens (primary N) is 2. The number of amides is 3. The summed E-state index contributed by atoms with van der Waals surface area (Å²) < 4.78 is 33.5. The van der Waals surface area contributed by atoms with Crippen molar-refractivity contribution in [2.45, 2.75) is 56.5 Å². The van der Waals surface area contributed by atoms with E-state index in [2.05, 4.69) is 31.0 Å². The van der Waals surface area contributed by atoms with E-state index in [1.807, 2.05) is 0 Å². The highest BCUT2D eigenvalue weighted by Gasteiger charge is 2.56. The number of thiazole rings is 1. The molecule has 3 amide bonds. The van der Waals surface area contributed by atoms with Gasteiger partial charge in [0.1, 0.15) is 23.5 Å². The van der Waals surface area contributed by atoms with Crippen molar-refractivity contribution in [3.63, 3.8) is 0 Å². The number of rotatable bonds is 14. The molecule has 0 spiro atoms. The first-order valence-corrected chi connectivity index (χ1v) is 14.3. The van der Waals surface area contributed by atoms with Gasteiger partial charge in [0.2, 0.25) is 11.5 Å². The van der Waals surface area contributed by atoms with Crippen molar-refractivity contribution >= 4 is 56.2 Å². The Hall–Kier alpha value is -4.21. The Bertz CT molecular complexity index is 1480. The van der Waals surface area contributed by atoms with Gasteiger partial charge in [-0.3, -0.25) is 18.9 Å². The molecule has 2 atom stereocenters. The molecule has 8 N–H and O–H groups in total. The second-order valence-corrected chi connectivity index (χ2v) is 11.3. The summed E-state index contributed by atoms with van der Waals surface area (Å²) in [6.45, 7) is -0.0110. The first-order valence-electron chi connectivity index (χ1n) is 12.0. The number of oxime groups is 1. The molecule has 2 aliphatic rings. The highest BCUT2D eigenvalue weighted by molar-refractivity contribution is 7.84. The SMILES string of the molecule is NCCCC(=O)NCc1cnn(C[C@@H]2[C@H](NC(=O)/C(=N\OC3(C(=O)O)CC3)c3csc(N)n3)C(=O)N2S(=O)(=O)O)n1. The zero-order valence-electron chi connectivity index (χ0n) is 21.2. The Morgan fingerprint density at radius 1 is 1.32 bits per heavy atom. The van der Waals surface area contributed by atoms with Crippen molar-refractivity contribution in [2.24, 2.45) is 10.9 Å². The average molecular weight is 615 g/mol. The Labute approximate surface area is 235 Å². The first kappa shape index (κ1) is 29.8. The molecule has 41 heavy (non-hydrogen) atoms. The van der Waals surface area contributed by atoms with E-state index < -0.39 is 51.5 Å². The number of hydrogen-bond acceptors (Lipinski definition) is 14. The van der Waals surface area contributed by atoms with Crippen LogP contribution in [0.1, 0.15) is 37.1 Å². The minimum atomic E-state index is -5.03. The maximum Gasteiger partial charge on any atom is 0.362 e. The van der Waals surface area contributed by atoms with E-state index in [9.17, 15) is 37.3 Å². The van der Waals surface area contributed by atoms with Gasteiger partial charge in [0.05, 0.1) is 19.3 Å². The Morgan fingerprint density at radius 3 is 2.63 bits per heavy atom. The number of nitrogen functional groups attached to an aromatic ring is 1. The van der Waals surface area contributed by atoms with Gasteiger partial charge in [0, 0.05) is 24.6 Å². The molecule has 2 aromatic rings. The summed E-state index contributed by atoms with van der Waals surface area (Å²) in [5.41, 5.74) is 9.15. The van der Waals surface area contributed by atoms with E-state index in [1.54, 1.807) is 0 Å². The molecule has 2 aromatic heterocycles. The van der Waals surface area contributed by atoms with Crippen molar-refractivity contribution in [3.8, 4) is 0 Å². The number of nitrogens with one attached hydrogen (secondary N) is 2. The lowest BCUT2D eigenvalue weighted by atomic mass is 9.98. The number of carboxylic acid groups (broad SMARTS) is 1. The molecular weight excluding hydrogens is 588 g/mol.